The molecule has 1 aliphatic heterocycles. The fraction of sp³-hybridized carbons (Fsp3) is 0.667. The van der Waals surface area contributed by atoms with Crippen molar-refractivity contribution in [1.29, 1.82) is 0 Å². The summed E-state index contributed by atoms with van der Waals surface area (Å²) in [4.78, 5) is 23.3. The summed E-state index contributed by atoms with van der Waals surface area (Å²) < 4.78 is 0. The summed E-state index contributed by atoms with van der Waals surface area (Å²) in [7, 11) is 0. The van der Waals surface area contributed by atoms with E-state index in [0.29, 0.717) is 24.6 Å². The minimum atomic E-state index is -0.114. The van der Waals surface area contributed by atoms with Gasteiger partial charge in [0.05, 0.1) is 11.5 Å². The van der Waals surface area contributed by atoms with Crippen LogP contribution in [-0.2, 0) is 9.59 Å². The quantitative estimate of drug-likeness (QED) is 0.548. The fourth-order valence-electron chi connectivity index (χ4n) is 0.899. The largest absolute Gasteiger partial charge is 0.329 e. The zero-order valence-corrected chi connectivity index (χ0v) is 6.89. The molecule has 1 aliphatic rings. The van der Waals surface area contributed by atoms with E-state index in [1.54, 1.807) is 0 Å². The minimum absolute atomic E-state index is 0.114. The number of carbonyl (C=O) groups is 2. The molecule has 0 radical (unpaired) electrons. The molecule has 1 fully saturated rings. The van der Waals surface area contributed by atoms with Crippen LogP contribution in [-0.4, -0.2) is 41.3 Å². The van der Waals surface area contributed by atoms with Crippen LogP contribution in [0.1, 0.15) is 0 Å². The minimum Gasteiger partial charge on any atom is -0.329 e. The molecule has 62 valence electrons. The molecule has 0 spiro atoms. The van der Waals surface area contributed by atoms with Crippen LogP contribution in [0.4, 0.5) is 0 Å². The van der Waals surface area contributed by atoms with Gasteiger partial charge in [-0.2, -0.15) is 0 Å². The fourth-order valence-corrected chi connectivity index (χ4v) is 1.66. The van der Waals surface area contributed by atoms with Crippen LogP contribution < -0.4 is 5.73 Å². The molecule has 0 bridgehead atoms. The van der Waals surface area contributed by atoms with Gasteiger partial charge in [-0.15, -0.1) is 11.8 Å². The van der Waals surface area contributed by atoms with Crippen molar-refractivity contribution < 1.29 is 9.59 Å². The first-order chi connectivity index (χ1) is 5.25. The third-order valence-electron chi connectivity index (χ3n) is 1.41. The molecule has 11 heavy (non-hydrogen) atoms. The summed E-state index contributed by atoms with van der Waals surface area (Å²) >= 11 is 1.36. The smallest absolute Gasteiger partial charge is 0.239 e. The molecule has 0 aliphatic carbocycles. The standard InChI is InChI=1S/C6H10N2O2S/c7-1-2-8-5(9)3-11-4-6(8)10/h1-4,7H2. The highest BCUT2D eigenvalue weighted by atomic mass is 32.2. The van der Waals surface area contributed by atoms with Crippen LogP contribution in [0.2, 0.25) is 0 Å². The highest BCUT2D eigenvalue weighted by Crippen LogP contribution is 2.10. The number of thioether (sulfide) groups is 1. The number of nitrogens with zero attached hydrogens (tertiary/aromatic N) is 1. The molecule has 0 saturated carbocycles. The van der Waals surface area contributed by atoms with Crippen molar-refractivity contribution in [3.05, 3.63) is 0 Å². The van der Waals surface area contributed by atoms with Gasteiger partial charge in [0.1, 0.15) is 0 Å². The second kappa shape index (κ2) is 3.73. The normalized spacial score (nSPS) is 19.2. The molecule has 1 saturated heterocycles. The second-order valence-corrected chi connectivity index (χ2v) is 3.21. The van der Waals surface area contributed by atoms with Crippen molar-refractivity contribution >= 4 is 23.6 Å². The van der Waals surface area contributed by atoms with Gasteiger partial charge in [-0.25, -0.2) is 0 Å². The molecule has 0 aromatic rings. The lowest BCUT2D eigenvalue weighted by atomic mass is 10.4. The first kappa shape index (κ1) is 8.55. The van der Waals surface area contributed by atoms with Crippen LogP contribution in [0.5, 0.6) is 0 Å². The zero-order chi connectivity index (χ0) is 8.27. The average Bonchev–Trinajstić information content (AvgIpc) is 1.97. The maximum Gasteiger partial charge on any atom is 0.239 e. The highest BCUT2D eigenvalue weighted by Gasteiger charge is 2.24. The first-order valence-electron chi connectivity index (χ1n) is 3.36. The molecule has 2 N–H and O–H groups in total. The van der Waals surface area contributed by atoms with Crippen molar-refractivity contribution in [3.63, 3.8) is 0 Å². The van der Waals surface area contributed by atoms with Gasteiger partial charge in [0.25, 0.3) is 0 Å². The molecule has 1 heterocycles. The Kier molecular flexibility index (Phi) is 2.90. The lowest BCUT2D eigenvalue weighted by Crippen LogP contribution is -2.45. The van der Waals surface area contributed by atoms with Gasteiger partial charge >= 0.3 is 0 Å². The number of imide groups is 1. The Morgan fingerprint density at radius 2 is 1.91 bits per heavy atom. The van der Waals surface area contributed by atoms with E-state index >= 15 is 0 Å². The summed E-state index contributed by atoms with van der Waals surface area (Å²) in [5.41, 5.74) is 5.23. The topological polar surface area (TPSA) is 63.4 Å². The van der Waals surface area contributed by atoms with Crippen LogP contribution >= 0.6 is 11.8 Å². The van der Waals surface area contributed by atoms with E-state index < -0.39 is 0 Å². The first-order valence-corrected chi connectivity index (χ1v) is 4.52. The van der Waals surface area contributed by atoms with Gasteiger partial charge in [-0.1, -0.05) is 0 Å². The summed E-state index contributed by atoms with van der Waals surface area (Å²) in [6.45, 7) is 0.709. The molecule has 0 aromatic carbocycles. The van der Waals surface area contributed by atoms with E-state index in [1.807, 2.05) is 0 Å². The van der Waals surface area contributed by atoms with Crippen molar-refractivity contribution in [2.24, 2.45) is 5.73 Å². The van der Waals surface area contributed by atoms with Gasteiger partial charge in [-0.05, 0) is 0 Å². The van der Waals surface area contributed by atoms with Crippen molar-refractivity contribution in [2.45, 2.75) is 0 Å². The van der Waals surface area contributed by atoms with E-state index in [2.05, 4.69) is 0 Å². The summed E-state index contributed by atoms with van der Waals surface area (Å²) in [5, 5.41) is 0. The van der Waals surface area contributed by atoms with Gasteiger partial charge in [0.2, 0.25) is 11.8 Å². The molecular formula is C6H10N2O2S. The van der Waals surface area contributed by atoms with Crippen molar-refractivity contribution in [2.75, 3.05) is 24.6 Å². The molecule has 0 unspecified atom stereocenters. The molecule has 2 amide bonds. The summed E-state index contributed by atoms with van der Waals surface area (Å²) in [6, 6.07) is 0. The maximum atomic E-state index is 11.0. The van der Waals surface area contributed by atoms with Crippen molar-refractivity contribution in [1.82, 2.24) is 4.90 Å². The Balaban J connectivity index is 2.55. The van der Waals surface area contributed by atoms with Gasteiger partial charge in [0.15, 0.2) is 0 Å². The number of hydrogen-bond donors (Lipinski definition) is 1. The number of carbonyl (C=O) groups excluding carboxylic acids is 2. The Hall–Kier alpha value is -0.550. The van der Waals surface area contributed by atoms with E-state index in [0.717, 1.165) is 0 Å². The van der Waals surface area contributed by atoms with Crippen LogP contribution in [0.3, 0.4) is 0 Å². The predicted octanol–water partition coefficient (Wildman–Crippen LogP) is -0.953. The SMILES string of the molecule is NCCN1C(=O)CSCC1=O. The molecule has 5 heteroatoms. The Morgan fingerprint density at radius 1 is 1.36 bits per heavy atom. The summed E-state index contributed by atoms with van der Waals surface area (Å²) in [5.74, 6) is 0.589. The third kappa shape index (κ3) is 1.94. The molecular weight excluding hydrogens is 164 g/mol. The third-order valence-corrected chi connectivity index (χ3v) is 2.31. The van der Waals surface area contributed by atoms with Crippen LogP contribution in [0, 0.1) is 0 Å². The van der Waals surface area contributed by atoms with E-state index in [9.17, 15) is 9.59 Å². The summed E-state index contributed by atoms with van der Waals surface area (Å²) in [6.07, 6.45) is 0. The molecule has 0 atom stereocenters. The molecule has 4 nitrogen and oxygen atoms in total. The lowest BCUT2D eigenvalue weighted by molar-refractivity contribution is -0.141. The highest BCUT2D eigenvalue weighted by molar-refractivity contribution is 8.00. The van der Waals surface area contributed by atoms with Gasteiger partial charge in [-0.3, -0.25) is 14.5 Å². The van der Waals surface area contributed by atoms with Crippen LogP contribution in [0.15, 0.2) is 0 Å². The second-order valence-electron chi connectivity index (χ2n) is 2.22. The van der Waals surface area contributed by atoms with E-state index in [-0.39, 0.29) is 11.8 Å². The van der Waals surface area contributed by atoms with Crippen LogP contribution in [0.25, 0.3) is 0 Å². The number of rotatable bonds is 2. The maximum absolute atomic E-state index is 11.0. The van der Waals surface area contributed by atoms with E-state index in [1.165, 1.54) is 16.7 Å². The van der Waals surface area contributed by atoms with Gasteiger partial charge in [0, 0.05) is 13.1 Å². The molecule has 0 aromatic heterocycles. The van der Waals surface area contributed by atoms with Crippen molar-refractivity contribution in [3.8, 4) is 0 Å². The predicted molar refractivity (Wildman–Crippen MR) is 43.1 cm³/mol. The number of nitrogens with two attached hydrogens (primary N) is 1. The molecule has 1 rings (SSSR count). The van der Waals surface area contributed by atoms with Gasteiger partial charge < -0.3 is 5.73 Å². The Labute approximate surface area is 69.1 Å². The number of amides is 2. The average molecular weight is 174 g/mol. The zero-order valence-electron chi connectivity index (χ0n) is 6.08. The Morgan fingerprint density at radius 3 is 2.36 bits per heavy atom. The number of hydrogen-bond acceptors (Lipinski definition) is 4. The van der Waals surface area contributed by atoms with E-state index in [4.69, 9.17) is 5.73 Å². The lowest BCUT2D eigenvalue weighted by Gasteiger charge is -2.23. The monoisotopic (exact) mass is 174 g/mol. The Bertz CT molecular complexity index is 167.